The quantitative estimate of drug-likeness (QED) is 0.880. The Morgan fingerprint density at radius 1 is 1.17 bits per heavy atom. The fourth-order valence-corrected chi connectivity index (χ4v) is 2.62. The van der Waals surface area contributed by atoms with Crippen LogP contribution in [0.1, 0.15) is 17.7 Å². The molecule has 0 radical (unpaired) electrons. The highest BCUT2D eigenvalue weighted by Gasteiger charge is 2.20. The fourth-order valence-electron chi connectivity index (χ4n) is 2.62. The van der Waals surface area contributed by atoms with E-state index in [9.17, 15) is 0 Å². The van der Waals surface area contributed by atoms with E-state index in [0.29, 0.717) is 5.75 Å². The number of benzene rings is 1. The SMILES string of the molecule is COc1cc(OC)c2nc3c(c(N)c2c1)CCC3. The molecule has 0 atom stereocenters. The van der Waals surface area contributed by atoms with Crippen molar-refractivity contribution < 1.29 is 9.47 Å². The molecule has 3 rings (SSSR count). The zero-order valence-electron chi connectivity index (χ0n) is 10.6. The summed E-state index contributed by atoms with van der Waals surface area (Å²) >= 11 is 0. The summed E-state index contributed by atoms with van der Waals surface area (Å²) in [6.45, 7) is 0. The zero-order chi connectivity index (χ0) is 12.7. The highest BCUT2D eigenvalue weighted by Crippen LogP contribution is 2.38. The summed E-state index contributed by atoms with van der Waals surface area (Å²) in [5.74, 6) is 1.46. The first-order chi connectivity index (χ1) is 8.74. The summed E-state index contributed by atoms with van der Waals surface area (Å²) in [6, 6.07) is 3.77. The maximum absolute atomic E-state index is 6.27. The molecular weight excluding hydrogens is 228 g/mol. The number of aromatic nitrogens is 1. The summed E-state index contributed by atoms with van der Waals surface area (Å²) in [5, 5.41) is 0.923. The minimum Gasteiger partial charge on any atom is -0.497 e. The molecule has 0 aliphatic heterocycles. The number of fused-ring (bicyclic) bond motifs is 2. The molecule has 1 aliphatic carbocycles. The van der Waals surface area contributed by atoms with E-state index in [2.05, 4.69) is 0 Å². The van der Waals surface area contributed by atoms with Gasteiger partial charge in [-0.1, -0.05) is 0 Å². The molecule has 1 aromatic heterocycles. The largest absolute Gasteiger partial charge is 0.497 e. The van der Waals surface area contributed by atoms with E-state index in [1.807, 2.05) is 12.1 Å². The number of anilines is 1. The van der Waals surface area contributed by atoms with Gasteiger partial charge in [0.2, 0.25) is 0 Å². The first-order valence-electron chi connectivity index (χ1n) is 6.07. The molecule has 0 bridgehead atoms. The predicted molar refractivity (Wildman–Crippen MR) is 71.3 cm³/mol. The van der Waals surface area contributed by atoms with Gasteiger partial charge in [0.15, 0.2) is 0 Å². The molecule has 0 fully saturated rings. The molecule has 1 aromatic carbocycles. The van der Waals surface area contributed by atoms with E-state index in [1.54, 1.807) is 14.2 Å². The zero-order valence-corrected chi connectivity index (χ0v) is 10.6. The Morgan fingerprint density at radius 2 is 2.00 bits per heavy atom. The lowest BCUT2D eigenvalue weighted by atomic mass is 10.1. The summed E-state index contributed by atoms with van der Waals surface area (Å²) in [7, 11) is 3.27. The Bertz CT molecular complexity index is 623. The Morgan fingerprint density at radius 3 is 2.72 bits per heavy atom. The molecule has 1 aliphatic rings. The minimum absolute atomic E-state index is 0.714. The number of hydrogen-bond acceptors (Lipinski definition) is 4. The Kier molecular flexibility index (Phi) is 2.51. The second-order valence-electron chi connectivity index (χ2n) is 4.53. The van der Waals surface area contributed by atoms with Gasteiger partial charge in [0, 0.05) is 22.8 Å². The average Bonchev–Trinajstić information content (AvgIpc) is 2.86. The second kappa shape index (κ2) is 4.05. The van der Waals surface area contributed by atoms with Crippen LogP contribution >= 0.6 is 0 Å². The lowest BCUT2D eigenvalue weighted by Gasteiger charge is -2.12. The van der Waals surface area contributed by atoms with Crippen molar-refractivity contribution in [3.63, 3.8) is 0 Å². The van der Waals surface area contributed by atoms with Crippen molar-refractivity contribution in [3.8, 4) is 11.5 Å². The lowest BCUT2D eigenvalue weighted by molar-refractivity contribution is 0.397. The van der Waals surface area contributed by atoms with Crippen LogP contribution in [-0.4, -0.2) is 19.2 Å². The van der Waals surface area contributed by atoms with Gasteiger partial charge in [-0.3, -0.25) is 0 Å². The first kappa shape index (κ1) is 11.1. The molecule has 4 nitrogen and oxygen atoms in total. The van der Waals surface area contributed by atoms with Crippen molar-refractivity contribution in [1.82, 2.24) is 4.98 Å². The molecule has 18 heavy (non-hydrogen) atoms. The summed E-state index contributed by atoms with van der Waals surface area (Å²) in [4.78, 5) is 4.70. The standard InChI is InChI=1S/C14H16N2O2/c1-17-8-6-10-13(15)9-4-3-5-11(9)16-14(10)12(7-8)18-2/h6-7H,3-5H2,1-2H3,(H2,15,16). The minimum atomic E-state index is 0.714. The smallest absolute Gasteiger partial charge is 0.148 e. The molecular formula is C14H16N2O2. The molecule has 0 saturated carbocycles. The van der Waals surface area contributed by atoms with Gasteiger partial charge in [0.1, 0.15) is 17.0 Å². The third-order valence-electron chi connectivity index (χ3n) is 3.55. The van der Waals surface area contributed by atoms with Gasteiger partial charge in [-0.05, 0) is 30.9 Å². The molecule has 0 unspecified atom stereocenters. The summed E-state index contributed by atoms with van der Waals surface area (Å²) < 4.78 is 10.7. The van der Waals surface area contributed by atoms with Crippen LogP contribution < -0.4 is 15.2 Å². The average molecular weight is 244 g/mol. The Balaban J connectivity index is 2.38. The van der Waals surface area contributed by atoms with Crippen LogP contribution in [0, 0.1) is 0 Å². The number of methoxy groups -OCH3 is 2. The van der Waals surface area contributed by atoms with E-state index in [4.69, 9.17) is 20.2 Å². The van der Waals surface area contributed by atoms with Gasteiger partial charge in [-0.2, -0.15) is 0 Å². The highest BCUT2D eigenvalue weighted by molar-refractivity contribution is 5.97. The topological polar surface area (TPSA) is 57.4 Å². The summed E-state index contributed by atoms with van der Waals surface area (Å²) in [5.41, 5.74) is 10.2. The third-order valence-corrected chi connectivity index (χ3v) is 3.55. The number of nitrogens with zero attached hydrogens (tertiary/aromatic N) is 1. The predicted octanol–water partition coefficient (Wildman–Crippen LogP) is 2.32. The fraction of sp³-hybridized carbons (Fsp3) is 0.357. The molecule has 1 heterocycles. The van der Waals surface area contributed by atoms with Crippen molar-refractivity contribution in [1.29, 1.82) is 0 Å². The van der Waals surface area contributed by atoms with Crippen molar-refractivity contribution in [2.75, 3.05) is 20.0 Å². The van der Waals surface area contributed by atoms with Crippen LogP contribution in [0.15, 0.2) is 12.1 Å². The second-order valence-corrected chi connectivity index (χ2v) is 4.53. The van der Waals surface area contributed by atoms with Crippen molar-refractivity contribution >= 4 is 16.6 Å². The summed E-state index contributed by atoms with van der Waals surface area (Å²) in [6.07, 6.45) is 3.15. The van der Waals surface area contributed by atoms with Crippen LogP contribution in [0.2, 0.25) is 0 Å². The number of aryl methyl sites for hydroxylation is 1. The number of nitrogens with two attached hydrogens (primary N) is 1. The number of ether oxygens (including phenoxy) is 2. The van der Waals surface area contributed by atoms with Gasteiger partial charge in [-0.25, -0.2) is 4.98 Å². The van der Waals surface area contributed by atoms with Crippen molar-refractivity contribution in [2.24, 2.45) is 0 Å². The van der Waals surface area contributed by atoms with Gasteiger partial charge in [0.25, 0.3) is 0 Å². The van der Waals surface area contributed by atoms with Gasteiger partial charge < -0.3 is 15.2 Å². The van der Waals surface area contributed by atoms with Gasteiger partial charge in [-0.15, -0.1) is 0 Å². The maximum Gasteiger partial charge on any atom is 0.148 e. The van der Waals surface area contributed by atoms with Gasteiger partial charge >= 0.3 is 0 Å². The molecule has 0 amide bonds. The number of hydrogen-bond donors (Lipinski definition) is 1. The van der Waals surface area contributed by atoms with Crippen LogP contribution in [0.4, 0.5) is 5.69 Å². The molecule has 2 N–H and O–H groups in total. The third kappa shape index (κ3) is 1.49. The van der Waals surface area contributed by atoms with E-state index >= 15 is 0 Å². The van der Waals surface area contributed by atoms with E-state index in [-0.39, 0.29) is 0 Å². The number of nitrogen functional groups attached to an aromatic ring is 1. The molecule has 4 heteroatoms. The van der Waals surface area contributed by atoms with Crippen molar-refractivity contribution in [3.05, 3.63) is 23.4 Å². The Labute approximate surface area is 106 Å². The van der Waals surface area contributed by atoms with Crippen molar-refractivity contribution in [2.45, 2.75) is 19.3 Å². The Hall–Kier alpha value is -1.97. The molecule has 0 saturated heterocycles. The van der Waals surface area contributed by atoms with Crippen LogP contribution in [-0.2, 0) is 12.8 Å². The van der Waals surface area contributed by atoms with Crippen LogP contribution in [0.5, 0.6) is 11.5 Å². The first-order valence-corrected chi connectivity index (χ1v) is 6.07. The monoisotopic (exact) mass is 244 g/mol. The van der Waals surface area contributed by atoms with E-state index in [0.717, 1.165) is 47.3 Å². The molecule has 0 spiro atoms. The molecule has 94 valence electrons. The maximum atomic E-state index is 6.27. The van der Waals surface area contributed by atoms with Gasteiger partial charge in [0.05, 0.1) is 14.2 Å². The number of pyridine rings is 1. The molecule has 2 aromatic rings. The normalized spacial score (nSPS) is 13.7. The van der Waals surface area contributed by atoms with Crippen LogP contribution in [0.3, 0.4) is 0 Å². The highest BCUT2D eigenvalue weighted by atomic mass is 16.5. The van der Waals surface area contributed by atoms with E-state index in [1.165, 1.54) is 5.56 Å². The number of rotatable bonds is 2. The van der Waals surface area contributed by atoms with E-state index < -0.39 is 0 Å². The lowest BCUT2D eigenvalue weighted by Crippen LogP contribution is -2.00. The van der Waals surface area contributed by atoms with Crippen LogP contribution in [0.25, 0.3) is 10.9 Å².